The van der Waals surface area contributed by atoms with Gasteiger partial charge in [0.2, 0.25) is 0 Å². The van der Waals surface area contributed by atoms with Gasteiger partial charge in [0.1, 0.15) is 18.3 Å². The van der Waals surface area contributed by atoms with E-state index in [0.29, 0.717) is 6.61 Å². The molecule has 6 heteroatoms. The predicted octanol–water partition coefficient (Wildman–Crippen LogP) is -1.04. The number of aliphatic hydroxyl groups is 3. The van der Waals surface area contributed by atoms with Crippen LogP contribution in [-0.2, 0) is 9.47 Å². The van der Waals surface area contributed by atoms with Crippen molar-refractivity contribution in [2.24, 2.45) is 5.73 Å². The van der Waals surface area contributed by atoms with Crippen LogP contribution in [-0.4, -0.2) is 59.2 Å². The number of aliphatic hydroxyl groups excluding tert-OH is 3. The fraction of sp³-hybridized carbons (Fsp3) is 1.00. The van der Waals surface area contributed by atoms with E-state index in [9.17, 15) is 15.3 Å². The Balaban J connectivity index is 2.21. The third-order valence-corrected chi connectivity index (χ3v) is 2.92. The minimum atomic E-state index is -1.23. The van der Waals surface area contributed by atoms with Gasteiger partial charge in [0.25, 0.3) is 0 Å². The van der Waals surface area contributed by atoms with Gasteiger partial charge in [-0.1, -0.05) is 19.8 Å². The number of ether oxygens (including phenoxy) is 2. The maximum absolute atomic E-state index is 9.73. The molecule has 1 aliphatic rings. The predicted molar refractivity (Wildman–Crippen MR) is 61.2 cm³/mol. The summed E-state index contributed by atoms with van der Waals surface area (Å²) in [6.45, 7) is 2.74. The van der Waals surface area contributed by atoms with Crippen LogP contribution in [0, 0.1) is 0 Å². The van der Waals surface area contributed by atoms with Crippen molar-refractivity contribution in [3.05, 3.63) is 0 Å². The molecule has 0 saturated carbocycles. The van der Waals surface area contributed by atoms with Gasteiger partial charge in [-0.05, 0) is 6.42 Å². The number of hydrogen-bond acceptors (Lipinski definition) is 6. The second kappa shape index (κ2) is 7.25. The number of unbranched alkanes of at least 4 members (excludes halogenated alkanes) is 2. The second-order valence-electron chi connectivity index (χ2n) is 4.41. The lowest BCUT2D eigenvalue weighted by Crippen LogP contribution is -2.44. The van der Waals surface area contributed by atoms with Crippen LogP contribution in [0.2, 0.25) is 0 Å². The van der Waals surface area contributed by atoms with E-state index < -0.39 is 30.6 Å². The summed E-state index contributed by atoms with van der Waals surface area (Å²) in [6.07, 6.45) is -1.02. The van der Waals surface area contributed by atoms with Crippen molar-refractivity contribution in [2.45, 2.75) is 56.8 Å². The van der Waals surface area contributed by atoms with Gasteiger partial charge in [-0.2, -0.15) is 0 Å². The molecule has 0 spiro atoms. The lowest BCUT2D eigenvalue weighted by molar-refractivity contribution is -0.142. The van der Waals surface area contributed by atoms with E-state index in [1.165, 1.54) is 0 Å². The van der Waals surface area contributed by atoms with E-state index in [1.807, 2.05) is 0 Å². The summed E-state index contributed by atoms with van der Waals surface area (Å²) < 4.78 is 10.2. The van der Waals surface area contributed by atoms with Crippen LogP contribution in [0.3, 0.4) is 0 Å². The highest BCUT2D eigenvalue weighted by Crippen LogP contribution is 2.21. The lowest BCUT2D eigenvalue weighted by atomic mass is 10.1. The molecule has 0 aromatic rings. The van der Waals surface area contributed by atoms with Crippen LogP contribution in [0.5, 0.6) is 0 Å². The minimum absolute atomic E-state index is 0.0743. The normalized spacial score (nSPS) is 35.1. The Morgan fingerprint density at radius 3 is 2.59 bits per heavy atom. The van der Waals surface area contributed by atoms with E-state index >= 15 is 0 Å². The van der Waals surface area contributed by atoms with E-state index in [1.54, 1.807) is 0 Å². The number of nitrogens with two attached hydrogens (primary N) is 1. The van der Waals surface area contributed by atoms with Crippen molar-refractivity contribution in [3.63, 3.8) is 0 Å². The van der Waals surface area contributed by atoms with Gasteiger partial charge in [0.15, 0.2) is 6.29 Å². The topological polar surface area (TPSA) is 105 Å². The summed E-state index contributed by atoms with van der Waals surface area (Å²) in [7, 11) is 0. The zero-order valence-electron chi connectivity index (χ0n) is 10.2. The van der Waals surface area contributed by atoms with E-state index in [-0.39, 0.29) is 6.61 Å². The van der Waals surface area contributed by atoms with E-state index in [4.69, 9.17) is 15.2 Å². The molecule has 1 aliphatic heterocycles. The Kier molecular flexibility index (Phi) is 6.32. The van der Waals surface area contributed by atoms with Gasteiger partial charge < -0.3 is 30.5 Å². The first-order valence-electron chi connectivity index (χ1n) is 6.11. The Labute approximate surface area is 101 Å². The van der Waals surface area contributed by atoms with Crippen LogP contribution < -0.4 is 5.73 Å². The standard InChI is InChI=1S/C11H23NO5/c1-2-3-4-5-16-6-7(13)10-9(14)8(12)11(15)17-10/h7-11,13-15H,2-6,12H2,1H3/t7-,8-,9-,10-,11?/m1/s1. The van der Waals surface area contributed by atoms with Gasteiger partial charge in [-0.15, -0.1) is 0 Å². The van der Waals surface area contributed by atoms with Gasteiger partial charge in [0, 0.05) is 6.61 Å². The van der Waals surface area contributed by atoms with Crippen LogP contribution in [0.25, 0.3) is 0 Å². The lowest BCUT2D eigenvalue weighted by Gasteiger charge is -2.20. The number of hydrogen-bond donors (Lipinski definition) is 4. The van der Waals surface area contributed by atoms with Crippen LogP contribution in [0.15, 0.2) is 0 Å². The Morgan fingerprint density at radius 1 is 1.35 bits per heavy atom. The van der Waals surface area contributed by atoms with Crippen molar-refractivity contribution in [1.82, 2.24) is 0 Å². The molecule has 0 bridgehead atoms. The van der Waals surface area contributed by atoms with Crippen molar-refractivity contribution < 1.29 is 24.8 Å². The summed E-state index contributed by atoms with van der Waals surface area (Å²) >= 11 is 0. The molecular formula is C11H23NO5. The van der Waals surface area contributed by atoms with Crippen LogP contribution in [0.1, 0.15) is 26.2 Å². The molecule has 1 unspecified atom stereocenters. The molecule has 102 valence electrons. The number of rotatable bonds is 7. The third kappa shape index (κ3) is 4.17. The van der Waals surface area contributed by atoms with Crippen molar-refractivity contribution in [3.8, 4) is 0 Å². The highest BCUT2D eigenvalue weighted by molar-refractivity contribution is 4.92. The quantitative estimate of drug-likeness (QED) is 0.430. The minimum Gasteiger partial charge on any atom is -0.388 e. The fourth-order valence-electron chi connectivity index (χ4n) is 1.79. The largest absolute Gasteiger partial charge is 0.388 e. The maximum atomic E-state index is 9.73. The first kappa shape index (κ1) is 14.8. The Hall–Kier alpha value is -0.240. The average Bonchev–Trinajstić information content (AvgIpc) is 2.56. The summed E-state index contributed by atoms with van der Waals surface area (Å²) in [5.41, 5.74) is 5.47. The van der Waals surface area contributed by atoms with Crippen molar-refractivity contribution in [1.29, 1.82) is 0 Å². The zero-order chi connectivity index (χ0) is 12.8. The first-order valence-corrected chi connectivity index (χ1v) is 6.11. The molecule has 1 heterocycles. The second-order valence-corrected chi connectivity index (χ2v) is 4.41. The molecule has 0 aromatic heterocycles. The SMILES string of the molecule is CCCCCOC[C@@H](O)[C@H]1OC(O)[C@H](N)[C@H]1O. The molecule has 0 aromatic carbocycles. The first-order chi connectivity index (χ1) is 8.07. The van der Waals surface area contributed by atoms with Crippen molar-refractivity contribution in [2.75, 3.05) is 13.2 Å². The van der Waals surface area contributed by atoms with Crippen molar-refractivity contribution >= 4 is 0 Å². The molecule has 1 rings (SSSR count). The zero-order valence-corrected chi connectivity index (χ0v) is 10.2. The molecule has 17 heavy (non-hydrogen) atoms. The molecule has 1 saturated heterocycles. The third-order valence-electron chi connectivity index (χ3n) is 2.92. The highest BCUT2D eigenvalue weighted by Gasteiger charge is 2.44. The summed E-state index contributed by atoms with van der Waals surface area (Å²) in [4.78, 5) is 0. The molecule has 0 aliphatic carbocycles. The summed E-state index contributed by atoms with van der Waals surface area (Å²) in [5, 5.41) is 28.6. The molecule has 1 fully saturated rings. The summed E-state index contributed by atoms with van der Waals surface area (Å²) in [6, 6.07) is -0.880. The Morgan fingerprint density at radius 2 is 2.06 bits per heavy atom. The maximum Gasteiger partial charge on any atom is 0.173 e. The van der Waals surface area contributed by atoms with Crippen LogP contribution >= 0.6 is 0 Å². The van der Waals surface area contributed by atoms with E-state index in [0.717, 1.165) is 19.3 Å². The smallest absolute Gasteiger partial charge is 0.173 e. The molecular weight excluding hydrogens is 226 g/mol. The Bertz CT molecular complexity index is 216. The molecule has 0 amide bonds. The van der Waals surface area contributed by atoms with Gasteiger partial charge in [0.05, 0.1) is 12.6 Å². The van der Waals surface area contributed by atoms with Gasteiger partial charge in [-0.25, -0.2) is 0 Å². The monoisotopic (exact) mass is 249 g/mol. The fourth-order valence-corrected chi connectivity index (χ4v) is 1.79. The van der Waals surface area contributed by atoms with Crippen LogP contribution in [0.4, 0.5) is 0 Å². The molecule has 6 nitrogen and oxygen atoms in total. The summed E-state index contributed by atoms with van der Waals surface area (Å²) in [5.74, 6) is 0. The highest BCUT2D eigenvalue weighted by atomic mass is 16.6. The average molecular weight is 249 g/mol. The molecule has 0 radical (unpaired) electrons. The molecule has 5 N–H and O–H groups in total. The molecule has 5 atom stereocenters. The van der Waals surface area contributed by atoms with Gasteiger partial charge in [-0.3, -0.25) is 0 Å². The van der Waals surface area contributed by atoms with Gasteiger partial charge >= 0.3 is 0 Å². The van der Waals surface area contributed by atoms with E-state index in [2.05, 4.69) is 6.92 Å².